The molecule has 0 aliphatic carbocycles. The molecule has 1 aromatic heterocycles. The Kier molecular flexibility index (Phi) is 2.05. The number of nitrogens with zero attached hydrogens (tertiary/aromatic N) is 2. The van der Waals surface area contributed by atoms with Gasteiger partial charge in [-0.15, -0.1) is 0 Å². The van der Waals surface area contributed by atoms with E-state index in [1.807, 2.05) is 0 Å². The minimum atomic E-state index is -0.0532. The number of aryl methyl sites for hydroxylation is 1. The first-order valence-electron chi connectivity index (χ1n) is 4.32. The summed E-state index contributed by atoms with van der Waals surface area (Å²) in [6.45, 7) is 6.03. The first-order valence-corrected chi connectivity index (χ1v) is 4.32. The van der Waals surface area contributed by atoms with E-state index >= 15 is 0 Å². The van der Waals surface area contributed by atoms with Crippen molar-refractivity contribution in [2.75, 3.05) is 13.1 Å². The minimum Gasteiger partial charge on any atom is -0.363 e. The molecule has 1 fully saturated rings. The van der Waals surface area contributed by atoms with E-state index in [-0.39, 0.29) is 5.60 Å². The second kappa shape index (κ2) is 3.08. The maximum atomic E-state index is 5.61. The molecule has 0 bridgehead atoms. The Morgan fingerprint density at radius 1 is 1.62 bits per heavy atom. The Balaban J connectivity index is 1.85. The van der Waals surface area contributed by atoms with Gasteiger partial charge in [0.05, 0.1) is 5.60 Å². The van der Waals surface area contributed by atoms with E-state index in [9.17, 15) is 0 Å². The van der Waals surface area contributed by atoms with Gasteiger partial charge in [0, 0.05) is 13.1 Å². The average Bonchev–Trinajstić information content (AvgIpc) is 2.44. The number of nitrogens with one attached hydrogen (secondary N) is 1. The lowest BCUT2D eigenvalue weighted by molar-refractivity contribution is -0.0841. The summed E-state index contributed by atoms with van der Waals surface area (Å²) in [7, 11) is 0. The van der Waals surface area contributed by atoms with Crippen LogP contribution in [0.25, 0.3) is 0 Å². The number of hydrogen-bond donors (Lipinski definition) is 1. The van der Waals surface area contributed by atoms with Gasteiger partial charge in [0.2, 0.25) is 0 Å². The SMILES string of the molecule is Cc1noc(COC2(C)CNC2)n1. The Labute approximate surface area is 76.5 Å². The molecule has 0 unspecified atom stereocenters. The summed E-state index contributed by atoms with van der Waals surface area (Å²) >= 11 is 0. The van der Waals surface area contributed by atoms with Crippen molar-refractivity contribution in [3.63, 3.8) is 0 Å². The molecule has 13 heavy (non-hydrogen) atoms. The molecule has 2 heterocycles. The Hall–Kier alpha value is -0.940. The van der Waals surface area contributed by atoms with Crippen LogP contribution in [0.3, 0.4) is 0 Å². The zero-order valence-electron chi connectivity index (χ0n) is 7.83. The molecule has 0 amide bonds. The van der Waals surface area contributed by atoms with E-state index in [0.29, 0.717) is 18.3 Å². The van der Waals surface area contributed by atoms with Crippen LogP contribution in [-0.4, -0.2) is 28.8 Å². The fourth-order valence-corrected chi connectivity index (χ4v) is 1.21. The maximum Gasteiger partial charge on any atom is 0.252 e. The van der Waals surface area contributed by atoms with Crippen molar-refractivity contribution in [3.05, 3.63) is 11.7 Å². The molecule has 2 rings (SSSR count). The number of aromatic nitrogens is 2. The molecule has 72 valence electrons. The van der Waals surface area contributed by atoms with Gasteiger partial charge in [0.1, 0.15) is 6.61 Å². The highest BCUT2D eigenvalue weighted by Gasteiger charge is 2.32. The van der Waals surface area contributed by atoms with Crippen LogP contribution in [0.2, 0.25) is 0 Å². The van der Waals surface area contributed by atoms with E-state index in [4.69, 9.17) is 9.26 Å². The van der Waals surface area contributed by atoms with E-state index in [2.05, 4.69) is 22.4 Å². The zero-order chi connectivity index (χ0) is 9.31. The molecule has 0 saturated carbocycles. The molecule has 1 N–H and O–H groups in total. The molecule has 1 aromatic rings. The van der Waals surface area contributed by atoms with Crippen LogP contribution in [0.1, 0.15) is 18.6 Å². The number of rotatable bonds is 3. The van der Waals surface area contributed by atoms with Gasteiger partial charge in [-0.3, -0.25) is 0 Å². The third-order valence-electron chi connectivity index (χ3n) is 2.11. The van der Waals surface area contributed by atoms with Crippen molar-refractivity contribution in [2.24, 2.45) is 0 Å². The normalized spacial score (nSPS) is 19.8. The summed E-state index contributed by atoms with van der Waals surface area (Å²) in [5.74, 6) is 1.20. The Morgan fingerprint density at radius 3 is 2.85 bits per heavy atom. The summed E-state index contributed by atoms with van der Waals surface area (Å²) in [5.41, 5.74) is -0.0532. The molecule has 5 heteroatoms. The third kappa shape index (κ3) is 1.87. The number of ether oxygens (including phenoxy) is 1. The average molecular weight is 183 g/mol. The van der Waals surface area contributed by atoms with Crippen molar-refractivity contribution >= 4 is 0 Å². The van der Waals surface area contributed by atoms with Crippen LogP contribution in [0.4, 0.5) is 0 Å². The summed E-state index contributed by atoms with van der Waals surface area (Å²) in [5, 5.41) is 6.83. The Morgan fingerprint density at radius 2 is 2.38 bits per heavy atom. The Bertz CT molecular complexity index is 293. The highest BCUT2D eigenvalue weighted by molar-refractivity contribution is 4.91. The molecule has 5 nitrogen and oxygen atoms in total. The maximum absolute atomic E-state index is 5.61. The van der Waals surface area contributed by atoms with E-state index in [0.717, 1.165) is 13.1 Å². The zero-order valence-corrected chi connectivity index (χ0v) is 7.83. The summed E-state index contributed by atoms with van der Waals surface area (Å²) in [6.07, 6.45) is 0. The topological polar surface area (TPSA) is 60.2 Å². The van der Waals surface area contributed by atoms with Crippen LogP contribution in [-0.2, 0) is 11.3 Å². The van der Waals surface area contributed by atoms with Crippen molar-refractivity contribution < 1.29 is 9.26 Å². The van der Waals surface area contributed by atoms with E-state index < -0.39 is 0 Å². The first kappa shape index (κ1) is 8.65. The summed E-state index contributed by atoms with van der Waals surface area (Å²) in [4.78, 5) is 4.05. The molecule has 0 spiro atoms. The lowest BCUT2D eigenvalue weighted by Crippen LogP contribution is -2.58. The fourth-order valence-electron chi connectivity index (χ4n) is 1.21. The van der Waals surface area contributed by atoms with Gasteiger partial charge in [-0.05, 0) is 13.8 Å². The van der Waals surface area contributed by atoms with Crippen molar-refractivity contribution in [1.82, 2.24) is 15.5 Å². The summed E-state index contributed by atoms with van der Waals surface area (Å²) in [6, 6.07) is 0. The smallest absolute Gasteiger partial charge is 0.252 e. The second-order valence-electron chi connectivity index (χ2n) is 3.58. The molecule has 0 atom stereocenters. The van der Waals surface area contributed by atoms with Crippen LogP contribution < -0.4 is 5.32 Å². The molecule has 1 saturated heterocycles. The third-order valence-corrected chi connectivity index (χ3v) is 2.11. The van der Waals surface area contributed by atoms with Crippen LogP contribution in [0.5, 0.6) is 0 Å². The van der Waals surface area contributed by atoms with Gasteiger partial charge in [-0.2, -0.15) is 4.98 Å². The number of hydrogen-bond acceptors (Lipinski definition) is 5. The quantitative estimate of drug-likeness (QED) is 0.728. The highest BCUT2D eigenvalue weighted by Crippen LogP contribution is 2.16. The fraction of sp³-hybridized carbons (Fsp3) is 0.750. The van der Waals surface area contributed by atoms with Crippen molar-refractivity contribution in [2.45, 2.75) is 26.1 Å². The standard InChI is InChI=1S/C8H13N3O2/c1-6-10-7(13-11-6)3-12-8(2)4-9-5-8/h9H,3-5H2,1-2H3. The highest BCUT2D eigenvalue weighted by atomic mass is 16.5. The van der Waals surface area contributed by atoms with E-state index in [1.165, 1.54) is 0 Å². The van der Waals surface area contributed by atoms with Gasteiger partial charge in [-0.1, -0.05) is 5.16 Å². The van der Waals surface area contributed by atoms with Crippen molar-refractivity contribution in [1.29, 1.82) is 0 Å². The van der Waals surface area contributed by atoms with Gasteiger partial charge in [0.15, 0.2) is 5.82 Å². The van der Waals surface area contributed by atoms with Crippen molar-refractivity contribution in [3.8, 4) is 0 Å². The van der Waals surface area contributed by atoms with E-state index in [1.54, 1.807) is 6.92 Å². The molecule has 1 aliphatic heterocycles. The van der Waals surface area contributed by atoms with Gasteiger partial charge in [-0.25, -0.2) is 0 Å². The predicted octanol–water partition coefficient (Wildman–Crippen LogP) is 0.257. The largest absolute Gasteiger partial charge is 0.363 e. The lowest BCUT2D eigenvalue weighted by atomic mass is 10.0. The molecule has 0 radical (unpaired) electrons. The molecular formula is C8H13N3O2. The van der Waals surface area contributed by atoms with Crippen LogP contribution in [0, 0.1) is 6.92 Å². The van der Waals surface area contributed by atoms with Gasteiger partial charge < -0.3 is 14.6 Å². The minimum absolute atomic E-state index is 0.0532. The lowest BCUT2D eigenvalue weighted by Gasteiger charge is -2.38. The van der Waals surface area contributed by atoms with Gasteiger partial charge in [0.25, 0.3) is 5.89 Å². The molecular weight excluding hydrogens is 170 g/mol. The molecule has 0 aromatic carbocycles. The van der Waals surface area contributed by atoms with Crippen LogP contribution in [0.15, 0.2) is 4.52 Å². The monoisotopic (exact) mass is 183 g/mol. The second-order valence-corrected chi connectivity index (χ2v) is 3.58. The van der Waals surface area contributed by atoms with Crippen LogP contribution >= 0.6 is 0 Å². The summed E-state index contributed by atoms with van der Waals surface area (Å²) < 4.78 is 10.5. The first-order chi connectivity index (χ1) is 6.18. The van der Waals surface area contributed by atoms with Gasteiger partial charge >= 0.3 is 0 Å². The molecule has 1 aliphatic rings. The predicted molar refractivity (Wildman–Crippen MR) is 45.1 cm³/mol.